The fourth-order valence-electron chi connectivity index (χ4n) is 16.5. The van der Waals surface area contributed by atoms with Gasteiger partial charge in [0.1, 0.15) is 19.0 Å². The highest BCUT2D eigenvalue weighted by molar-refractivity contribution is 5.95. The van der Waals surface area contributed by atoms with Crippen molar-refractivity contribution in [3.8, 4) is 11.4 Å². The Morgan fingerprint density at radius 1 is 0.939 bits per heavy atom. The van der Waals surface area contributed by atoms with E-state index in [0.717, 1.165) is 72.8 Å². The molecular formula is C65H74FN5O11. The van der Waals surface area contributed by atoms with E-state index < -0.39 is 46.0 Å². The van der Waals surface area contributed by atoms with Crippen molar-refractivity contribution in [1.29, 1.82) is 0 Å². The molecule has 3 fully saturated rings. The molecule has 2 amide bonds. The number of Topliss-reactive ketones (excluding diaryl/α,β-unsaturated/α-hetero) is 1. The predicted molar refractivity (Wildman–Crippen MR) is 303 cm³/mol. The number of aryl methyl sites for hydroxylation is 1. The number of amides is 2. The van der Waals surface area contributed by atoms with Crippen molar-refractivity contribution in [2.45, 2.75) is 154 Å². The lowest BCUT2D eigenvalue weighted by molar-refractivity contribution is -0.182. The average molecular weight is 1120 g/mol. The lowest BCUT2D eigenvalue weighted by atomic mass is 9.50. The minimum absolute atomic E-state index is 0.00760. The number of piperidine rings is 1. The number of rotatable bonds is 13. The molecule has 2 aromatic carbocycles. The first-order valence-corrected chi connectivity index (χ1v) is 29.6. The van der Waals surface area contributed by atoms with Crippen LogP contribution in [-0.4, -0.2) is 112 Å². The van der Waals surface area contributed by atoms with Crippen molar-refractivity contribution in [3.63, 3.8) is 0 Å². The smallest absolute Gasteiger partial charge is 0.343 e. The number of ketones is 2. The van der Waals surface area contributed by atoms with Crippen LogP contribution in [-0.2, 0) is 68.2 Å². The Balaban J connectivity index is 0.671. The number of likely N-dealkylation sites (tertiary alicyclic amines) is 1. The van der Waals surface area contributed by atoms with E-state index in [1.807, 2.05) is 11.0 Å². The number of nitrogens with zero attached hydrogens (tertiary/aromatic N) is 5. The van der Waals surface area contributed by atoms with Crippen molar-refractivity contribution in [1.82, 2.24) is 19.4 Å². The normalized spacial score (nSPS) is 27.1. The zero-order chi connectivity index (χ0) is 57.9. The second-order valence-corrected chi connectivity index (χ2v) is 25.0. The van der Waals surface area contributed by atoms with Gasteiger partial charge in [-0.25, -0.2) is 14.2 Å². The number of likely N-dealkylation sites (N-methyl/N-ethyl adjacent to an activating group) is 1. The average Bonchev–Trinajstić information content (AvgIpc) is 1.92. The number of fused-ring (bicyclic) bond motifs is 9. The van der Waals surface area contributed by atoms with E-state index in [9.17, 15) is 38.7 Å². The topological polar surface area (TPSA) is 195 Å². The molecule has 0 spiro atoms. The first kappa shape index (κ1) is 55.7. The van der Waals surface area contributed by atoms with Gasteiger partial charge in [-0.2, -0.15) is 0 Å². The summed E-state index contributed by atoms with van der Waals surface area (Å²) in [7, 11) is 3.82. The Bertz CT molecular complexity index is 3540. The Morgan fingerprint density at radius 2 is 1.70 bits per heavy atom. The number of carbonyl (C=O) groups is 6. The van der Waals surface area contributed by atoms with Crippen molar-refractivity contribution >= 4 is 51.9 Å². The Labute approximate surface area is 477 Å². The van der Waals surface area contributed by atoms with E-state index in [4.69, 9.17) is 19.2 Å². The van der Waals surface area contributed by atoms with Crippen LogP contribution in [0.4, 0.5) is 10.1 Å². The minimum atomic E-state index is -2.01. The molecule has 2 saturated carbocycles. The molecule has 7 atom stereocenters. The van der Waals surface area contributed by atoms with E-state index in [1.165, 1.54) is 35.3 Å². The third kappa shape index (κ3) is 8.79. The van der Waals surface area contributed by atoms with Gasteiger partial charge in [-0.05, 0) is 160 Å². The lowest BCUT2D eigenvalue weighted by Gasteiger charge is -2.55. The highest BCUT2D eigenvalue weighted by Crippen LogP contribution is 2.68. The summed E-state index contributed by atoms with van der Waals surface area (Å²) in [4.78, 5) is 104. The molecule has 16 nitrogen and oxygen atoms in total. The summed E-state index contributed by atoms with van der Waals surface area (Å²) in [5.74, 6) is -1.08. The van der Waals surface area contributed by atoms with Gasteiger partial charge in [-0.1, -0.05) is 31.6 Å². The zero-order valence-electron chi connectivity index (χ0n) is 48.2. The number of halogens is 1. The van der Waals surface area contributed by atoms with E-state index in [0.29, 0.717) is 73.6 Å². The zero-order valence-corrected chi connectivity index (χ0v) is 48.2. The van der Waals surface area contributed by atoms with Crippen LogP contribution in [0.2, 0.25) is 0 Å². The van der Waals surface area contributed by atoms with Crippen LogP contribution in [0.1, 0.15) is 156 Å². The largest absolute Gasteiger partial charge is 0.458 e. The molecule has 0 radical (unpaired) electrons. The molecule has 3 aliphatic heterocycles. The van der Waals surface area contributed by atoms with Gasteiger partial charge in [-0.3, -0.25) is 28.8 Å². The van der Waals surface area contributed by atoms with Gasteiger partial charge < -0.3 is 38.6 Å². The number of hydrogen-bond donors (Lipinski definition) is 1. The van der Waals surface area contributed by atoms with E-state index in [1.54, 1.807) is 43.4 Å². The molecule has 2 aromatic heterocycles. The number of aliphatic hydroxyl groups is 1. The number of pyridine rings is 2. The van der Waals surface area contributed by atoms with Crippen molar-refractivity contribution < 1.29 is 52.5 Å². The molecule has 0 bridgehead atoms. The molecule has 8 aliphatic rings. The SMILES string of the molecule is CC[C@@]1(O)C(=O)OCc2c1cc1n(c2=O)Cc2c-1nc1cc(F)c(C)c3c1c2[C@@H](N(C)C(=O)COCCC(=O)N1CCC(CN(C)c2ccc([C@H]4C[C@@]5(C)[C@@H](CC[C@]5(OC(C)=O)C(C)=O)[C@@H]5CCC6=CC(=O)CCC6=C54)cc2)CC1)CC3. The third-order valence-electron chi connectivity index (χ3n) is 20.9. The van der Waals surface area contributed by atoms with Gasteiger partial charge in [0, 0.05) is 86.7 Å². The number of ether oxygens (including phenoxy) is 3. The van der Waals surface area contributed by atoms with Crippen LogP contribution >= 0.6 is 0 Å². The summed E-state index contributed by atoms with van der Waals surface area (Å²) in [6.07, 6.45) is 9.66. The van der Waals surface area contributed by atoms with E-state index >= 15 is 4.39 Å². The molecule has 5 heterocycles. The van der Waals surface area contributed by atoms with Crippen molar-refractivity contribution in [3.05, 3.63) is 114 Å². The second kappa shape index (κ2) is 20.8. The van der Waals surface area contributed by atoms with Gasteiger partial charge in [0.2, 0.25) is 11.8 Å². The highest BCUT2D eigenvalue weighted by atomic mass is 19.1. The lowest BCUT2D eigenvalue weighted by Crippen LogP contribution is -2.57. The Kier molecular flexibility index (Phi) is 14.1. The second-order valence-electron chi connectivity index (χ2n) is 25.0. The number of cyclic esters (lactones) is 1. The molecule has 1 N–H and O–H groups in total. The maximum Gasteiger partial charge on any atom is 0.343 e. The van der Waals surface area contributed by atoms with Gasteiger partial charge in [0.25, 0.3) is 5.56 Å². The van der Waals surface area contributed by atoms with Crippen LogP contribution in [0.3, 0.4) is 0 Å². The fourth-order valence-corrected chi connectivity index (χ4v) is 16.5. The van der Waals surface area contributed by atoms with E-state index in [2.05, 4.69) is 43.1 Å². The van der Waals surface area contributed by atoms with Crippen LogP contribution < -0.4 is 10.5 Å². The van der Waals surface area contributed by atoms with Crippen LogP contribution in [0.25, 0.3) is 22.3 Å². The summed E-state index contributed by atoms with van der Waals surface area (Å²) < 4.78 is 34.4. The third-order valence-corrected chi connectivity index (χ3v) is 20.9. The molecule has 0 unspecified atom stereocenters. The highest BCUT2D eigenvalue weighted by Gasteiger charge is 2.67. The maximum atomic E-state index is 15.5. The summed E-state index contributed by atoms with van der Waals surface area (Å²) in [5.41, 5.74) is 6.42. The summed E-state index contributed by atoms with van der Waals surface area (Å²) >= 11 is 0. The number of benzene rings is 2. The van der Waals surface area contributed by atoms with Gasteiger partial charge in [0.15, 0.2) is 22.8 Å². The minimum Gasteiger partial charge on any atom is -0.458 e. The quantitative estimate of drug-likeness (QED) is 0.0871. The number of hydrogen-bond acceptors (Lipinski definition) is 13. The van der Waals surface area contributed by atoms with Crippen molar-refractivity contribution in [2.75, 3.05) is 51.8 Å². The van der Waals surface area contributed by atoms with Gasteiger partial charge in [-0.15, -0.1) is 0 Å². The first-order valence-electron chi connectivity index (χ1n) is 29.6. The number of carbonyl (C=O) groups excluding carboxylic acids is 6. The monoisotopic (exact) mass is 1120 g/mol. The predicted octanol–water partition coefficient (Wildman–Crippen LogP) is 8.54. The Hall–Kier alpha value is -6.85. The number of anilines is 1. The standard InChI is InChI=1S/C65H74FN5O11/c1-8-64(79)50-28-54-60-47(32-71(54)61(77)48(50)33-81-62(64)78)59-53(18-17-43-35(2)51(66)29-52(67-60)58(43)59)69(7)56(76)34-80-26-22-55(75)70-24-20-38(21-25-70)31-68(6)41-12-9-39(10-13-41)46-30-63(5)49(19-23-65(63,36(3)72)82-37(4)73)45-15-11-40-27-42(74)14-16-44(40)57(45)46/h9-10,12-13,27-29,38,45-46,49,53,79H,8,11,14-26,30-34H2,1-7H3/t45-,46+,49-,53-,63-,64-,65-/m0/s1. The molecule has 4 aromatic rings. The molecular weight excluding hydrogens is 1050 g/mol. The van der Waals surface area contributed by atoms with Crippen LogP contribution in [0.5, 0.6) is 0 Å². The summed E-state index contributed by atoms with van der Waals surface area (Å²) in [6.45, 7) is 10.3. The number of esters is 2. The van der Waals surface area contributed by atoms with Crippen LogP contribution in [0, 0.1) is 35.9 Å². The van der Waals surface area contributed by atoms with Gasteiger partial charge in [0.05, 0.1) is 48.1 Å². The summed E-state index contributed by atoms with van der Waals surface area (Å²) in [5, 5.41) is 12.2. The van der Waals surface area contributed by atoms with E-state index in [-0.39, 0.29) is 91.5 Å². The number of aromatic nitrogens is 2. The molecule has 82 heavy (non-hydrogen) atoms. The molecule has 432 valence electrons. The number of allylic oxidation sites excluding steroid dienone is 4. The van der Waals surface area contributed by atoms with Gasteiger partial charge >= 0.3 is 11.9 Å². The molecule has 5 aliphatic carbocycles. The molecule has 1 saturated heterocycles. The maximum absolute atomic E-state index is 15.5. The Morgan fingerprint density at radius 3 is 2.41 bits per heavy atom. The van der Waals surface area contributed by atoms with Crippen molar-refractivity contribution in [2.24, 2.45) is 23.2 Å². The first-order chi connectivity index (χ1) is 39.2. The summed E-state index contributed by atoms with van der Waals surface area (Å²) in [6, 6.07) is 11.3. The fraction of sp³-hybridized carbons (Fsp3) is 0.538. The molecule has 12 rings (SSSR count). The molecule has 17 heteroatoms. The van der Waals surface area contributed by atoms with Crippen LogP contribution in [0.15, 0.2) is 64.0 Å².